The van der Waals surface area contributed by atoms with E-state index in [1.807, 2.05) is 0 Å². The molecule has 18 heavy (non-hydrogen) atoms. The fourth-order valence-corrected chi connectivity index (χ4v) is 4.65. The average molecular weight is 247 g/mol. The summed E-state index contributed by atoms with van der Waals surface area (Å²) in [4.78, 5) is 0. The third-order valence-corrected chi connectivity index (χ3v) is 5.56. The Morgan fingerprint density at radius 3 is 2.61 bits per heavy atom. The normalized spacial score (nSPS) is 39.9. The minimum absolute atomic E-state index is 0.0491. The van der Waals surface area contributed by atoms with Crippen molar-refractivity contribution in [2.75, 3.05) is 0 Å². The molecule has 0 spiro atoms. The first kappa shape index (κ1) is 13.9. The molecule has 1 unspecified atom stereocenters. The Hall–Kier alpha value is -0.510. The molecule has 4 atom stereocenters. The van der Waals surface area contributed by atoms with Crippen LogP contribution in [0.4, 0.5) is 0 Å². The van der Waals surface area contributed by atoms with Crippen LogP contribution in [-0.4, -0.2) is 0 Å². The number of hydrogen-bond acceptors (Lipinski definition) is 1. The fourth-order valence-electron chi connectivity index (χ4n) is 4.65. The van der Waals surface area contributed by atoms with Gasteiger partial charge in [0.1, 0.15) is 0 Å². The maximum absolute atomic E-state index is 9.55. The van der Waals surface area contributed by atoms with E-state index in [4.69, 9.17) is 0 Å². The molecular formula is C17H29N. The maximum Gasteiger partial charge on any atom is 0.0689 e. The molecule has 0 aromatic rings. The third kappa shape index (κ3) is 2.90. The first-order valence-electron chi connectivity index (χ1n) is 8.14. The molecular weight excluding hydrogens is 218 g/mol. The van der Waals surface area contributed by atoms with Crippen LogP contribution in [0.15, 0.2) is 0 Å². The second kappa shape index (κ2) is 6.09. The Labute approximate surface area is 113 Å². The van der Waals surface area contributed by atoms with E-state index in [9.17, 15) is 5.26 Å². The van der Waals surface area contributed by atoms with E-state index >= 15 is 0 Å². The van der Waals surface area contributed by atoms with E-state index in [-0.39, 0.29) is 5.41 Å². The summed E-state index contributed by atoms with van der Waals surface area (Å²) in [5, 5.41) is 9.55. The molecule has 0 aromatic heterocycles. The number of fused-ring (bicyclic) bond motifs is 1. The van der Waals surface area contributed by atoms with E-state index < -0.39 is 0 Å². The topological polar surface area (TPSA) is 23.8 Å². The summed E-state index contributed by atoms with van der Waals surface area (Å²) in [6.07, 6.45) is 13.1. The molecule has 102 valence electrons. The van der Waals surface area contributed by atoms with E-state index in [2.05, 4.69) is 19.9 Å². The van der Waals surface area contributed by atoms with Gasteiger partial charge in [0, 0.05) is 0 Å². The highest BCUT2D eigenvalue weighted by molar-refractivity contribution is 5.04. The minimum Gasteiger partial charge on any atom is -0.198 e. The molecule has 2 aliphatic rings. The highest BCUT2D eigenvalue weighted by Crippen LogP contribution is 2.51. The molecule has 0 amide bonds. The van der Waals surface area contributed by atoms with Crippen molar-refractivity contribution in [2.45, 2.75) is 78.1 Å². The monoisotopic (exact) mass is 247 g/mol. The van der Waals surface area contributed by atoms with Crippen LogP contribution in [-0.2, 0) is 0 Å². The van der Waals surface area contributed by atoms with Crippen molar-refractivity contribution in [1.29, 1.82) is 5.26 Å². The van der Waals surface area contributed by atoms with Gasteiger partial charge in [-0.15, -0.1) is 0 Å². The van der Waals surface area contributed by atoms with Gasteiger partial charge < -0.3 is 0 Å². The zero-order valence-electron chi connectivity index (χ0n) is 12.3. The van der Waals surface area contributed by atoms with Gasteiger partial charge in [0.25, 0.3) is 0 Å². The summed E-state index contributed by atoms with van der Waals surface area (Å²) in [5.74, 6) is 2.82. The van der Waals surface area contributed by atoms with Crippen molar-refractivity contribution in [3.63, 3.8) is 0 Å². The summed E-state index contributed by atoms with van der Waals surface area (Å²) < 4.78 is 0. The molecule has 0 aromatic carbocycles. The van der Waals surface area contributed by atoms with Gasteiger partial charge in [-0.1, -0.05) is 39.5 Å². The van der Waals surface area contributed by atoms with Crippen molar-refractivity contribution in [2.24, 2.45) is 23.2 Å². The Morgan fingerprint density at radius 2 is 1.94 bits per heavy atom. The lowest BCUT2D eigenvalue weighted by molar-refractivity contribution is 0.0629. The number of nitriles is 1. The summed E-state index contributed by atoms with van der Waals surface area (Å²) in [7, 11) is 0. The van der Waals surface area contributed by atoms with Crippen LogP contribution in [0.2, 0.25) is 0 Å². The van der Waals surface area contributed by atoms with Gasteiger partial charge in [-0.05, 0) is 56.3 Å². The average Bonchev–Trinajstić information content (AvgIpc) is 2.40. The van der Waals surface area contributed by atoms with Crippen molar-refractivity contribution in [1.82, 2.24) is 0 Å². The van der Waals surface area contributed by atoms with Crippen LogP contribution < -0.4 is 0 Å². The standard InChI is InChI=1S/C17H29N/c1-3-5-14-6-7-16-12-17(13-18,9-4-2)10-8-15(16)11-14/h14-16H,3-12H2,1-2H3/t14-,15+,16?,17-/m0/s1. The van der Waals surface area contributed by atoms with Crippen molar-refractivity contribution in [3.05, 3.63) is 0 Å². The van der Waals surface area contributed by atoms with E-state index in [1.54, 1.807) is 0 Å². The molecule has 0 bridgehead atoms. The second-order valence-corrected chi connectivity index (χ2v) is 6.87. The number of rotatable bonds is 4. The molecule has 2 saturated carbocycles. The Balaban J connectivity index is 1.95. The summed E-state index contributed by atoms with van der Waals surface area (Å²) in [5.41, 5.74) is 0.0491. The van der Waals surface area contributed by atoms with Crippen molar-refractivity contribution >= 4 is 0 Å². The smallest absolute Gasteiger partial charge is 0.0689 e. The van der Waals surface area contributed by atoms with Gasteiger partial charge in [-0.2, -0.15) is 5.26 Å². The summed E-state index contributed by atoms with van der Waals surface area (Å²) in [6.45, 7) is 4.54. The fraction of sp³-hybridized carbons (Fsp3) is 0.941. The van der Waals surface area contributed by atoms with Crippen LogP contribution in [0.1, 0.15) is 78.1 Å². The first-order chi connectivity index (χ1) is 8.73. The number of nitrogens with zero attached hydrogens (tertiary/aromatic N) is 1. The van der Waals surface area contributed by atoms with Crippen LogP contribution in [0.5, 0.6) is 0 Å². The lowest BCUT2D eigenvalue weighted by atomic mass is 9.58. The SMILES string of the molecule is CCC[C@H]1CCC2C[C@](C#N)(CCC)CC[C@@H]2C1. The zero-order chi connectivity index (χ0) is 13.0. The molecule has 1 heteroatoms. The number of hydrogen-bond donors (Lipinski definition) is 0. The minimum atomic E-state index is 0.0491. The van der Waals surface area contributed by atoms with Gasteiger partial charge in [0.15, 0.2) is 0 Å². The molecule has 0 radical (unpaired) electrons. The summed E-state index contributed by atoms with van der Waals surface area (Å²) >= 11 is 0. The Kier molecular flexibility index (Phi) is 4.71. The van der Waals surface area contributed by atoms with Gasteiger partial charge in [0.2, 0.25) is 0 Å². The van der Waals surface area contributed by atoms with Crippen molar-refractivity contribution < 1.29 is 0 Å². The molecule has 0 aliphatic heterocycles. The van der Waals surface area contributed by atoms with Crippen LogP contribution in [0, 0.1) is 34.5 Å². The highest BCUT2D eigenvalue weighted by Gasteiger charge is 2.42. The van der Waals surface area contributed by atoms with Gasteiger partial charge in [-0.25, -0.2) is 0 Å². The predicted molar refractivity (Wildman–Crippen MR) is 76.0 cm³/mol. The second-order valence-electron chi connectivity index (χ2n) is 6.87. The molecule has 2 rings (SSSR count). The quantitative estimate of drug-likeness (QED) is 0.660. The van der Waals surface area contributed by atoms with E-state index in [0.29, 0.717) is 0 Å². The first-order valence-corrected chi connectivity index (χ1v) is 8.14. The molecule has 0 saturated heterocycles. The maximum atomic E-state index is 9.55. The van der Waals surface area contributed by atoms with Gasteiger partial charge in [-0.3, -0.25) is 0 Å². The van der Waals surface area contributed by atoms with E-state index in [0.717, 1.165) is 24.2 Å². The molecule has 0 N–H and O–H groups in total. The van der Waals surface area contributed by atoms with Crippen LogP contribution in [0.25, 0.3) is 0 Å². The lowest BCUT2D eigenvalue weighted by Crippen LogP contribution is -2.36. The van der Waals surface area contributed by atoms with Gasteiger partial charge >= 0.3 is 0 Å². The molecule has 1 nitrogen and oxygen atoms in total. The summed E-state index contributed by atoms with van der Waals surface area (Å²) in [6, 6.07) is 2.69. The van der Waals surface area contributed by atoms with E-state index in [1.165, 1.54) is 57.8 Å². The lowest BCUT2D eigenvalue weighted by Gasteiger charge is -2.45. The van der Waals surface area contributed by atoms with Gasteiger partial charge in [0.05, 0.1) is 11.5 Å². The zero-order valence-corrected chi connectivity index (χ0v) is 12.3. The van der Waals surface area contributed by atoms with Crippen molar-refractivity contribution in [3.8, 4) is 6.07 Å². The molecule has 2 fully saturated rings. The van der Waals surface area contributed by atoms with Crippen LogP contribution in [0.3, 0.4) is 0 Å². The predicted octanol–water partition coefficient (Wildman–Crippen LogP) is 5.31. The Bertz CT molecular complexity index is 303. The Morgan fingerprint density at radius 1 is 1.11 bits per heavy atom. The molecule has 0 heterocycles. The van der Waals surface area contributed by atoms with Crippen LogP contribution >= 0.6 is 0 Å². The molecule has 2 aliphatic carbocycles. The largest absolute Gasteiger partial charge is 0.198 e. The highest BCUT2D eigenvalue weighted by atomic mass is 14.5. The third-order valence-electron chi connectivity index (χ3n) is 5.56.